The molecule has 7 nitrogen and oxygen atoms in total. The first-order valence-electron chi connectivity index (χ1n) is 7.60. The van der Waals surface area contributed by atoms with Gasteiger partial charge in [-0.25, -0.2) is 4.39 Å². The molecule has 1 amide bonds. The van der Waals surface area contributed by atoms with E-state index >= 15 is 0 Å². The zero-order valence-corrected chi connectivity index (χ0v) is 13.4. The Bertz CT molecular complexity index is 875. The van der Waals surface area contributed by atoms with Gasteiger partial charge in [-0.1, -0.05) is 5.21 Å². The van der Waals surface area contributed by atoms with E-state index in [2.05, 4.69) is 15.6 Å². The van der Waals surface area contributed by atoms with E-state index < -0.39 is 5.91 Å². The smallest absolute Gasteiger partial charge is 0.280 e. The van der Waals surface area contributed by atoms with Crippen molar-refractivity contribution in [2.24, 2.45) is 0 Å². The third-order valence-electron chi connectivity index (χ3n) is 3.41. The molecular formula is C17H16FN5O2. The molecule has 0 bridgehead atoms. The summed E-state index contributed by atoms with van der Waals surface area (Å²) in [5.74, 6) is -0.0942. The highest BCUT2D eigenvalue weighted by molar-refractivity contribution is 6.05. The molecule has 0 saturated carbocycles. The number of nitrogens with one attached hydrogen (secondary N) is 1. The maximum Gasteiger partial charge on any atom is 0.280 e. The van der Waals surface area contributed by atoms with Gasteiger partial charge in [-0.3, -0.25) is 4.79 Å². The van der Waals surface area contributed by atoms with E-state index in [4.69, 9.17) is 10.5 Å². The SMILES string of the molecule is CCOc1ccc(NC(=O)c2nnn(-c3ccc(F)cc3)c2N)cc1. The van der Waals surface area contributed by atoms with Crippen LogP contribution in [0, 0.1) is 5.82 Å². The third-order valence-corrected chi connectivity index (χ3v) is 3.41. The number of hydrogen-bond donors (Lipinski definition) is 2. The summed E-state index contributed by atoms with van der Waals surface area (Å²) in [4.78, 5) is 12.3. The second kappa shape index (κ2) is 7.00. The molecule has 8 heteroatoms. The van der Waals surface area contributed by atoms with Gasteiger partial charge < -0.3 is 15.8 Å². The Balaban J connectivity index is 1.77. The van der Waals surface area contributed by atoms with Crippen molar-refractivity contribution in [2.75, 3.05) is 17.7 Å². The molecule has 0 fully saturated rings. The van der Waals surface area contributed by atoms with Crippen LogP contribution in [0.25, 0.3) is 5.69 Å². The average molecular weight is 341 g/mol. The molecule has 1 aromatic heterocycles. The van der Waals surface area contributed by atoms with E-state index in [1.54, 1.807) is 24.3 Å². The number of ether oxygens (including phenoxy) is 1. The lowest BCUT2D eigenvalue weighted by molar-refractivity contribution is 0.102. The van der Waals surface area contributed by atoms with Crippen LogP contribution in [-0.4, -0.2) is 27.5 Å². The zero-order chi connectivity index (χ0) is 17.8. The second-order valence-electron chi connectivity index (χ2n) is 5.12. The number of hydrogen-bond acceptors (Lipinski definition) is 5. The molecule has 0 aliphatic rings. The molecule has 2 aromatic carbocycles. The fraction of sp³-hybridized carbons (Fsp3) is 0.118. The van der Waals surface area contributed by atoms with Crippen molar-refractivity contribution >= 4 is 17.4 Å². The van der Waals surface area contributed by atoms with E-state index in [1.165, 1.54) is 28.9 Å². The van der Waals surface area contributed by atoms with Crippen LogP contribution in [-0.2, 0) is 0 Å². The van der Waals surface area contributed by atoms with Crippen LogP contribution in [0.3, 0.4) is 0 Å². The first kappa shape index (κ1) is 16.4. The largest absolute Gasteiger partial charge is 0.494 e. The number of amides is 1. The number of aromatic nitrogens is 3. The number of carbonyl (C=O) groups is 1. The van der Waals surface area contributed by atoms with Crippen LogP contribution in [0.1, 0.15) is 17.4 Å². The van der Waals surface area contributed by atoms with Crippen LogP contribution in [0.2, 0.25) is 0 Å². The minimum Gasteiger partial charge on any atom is -0.494 e. The van der Waals surface area contributed by atoms with Crippen molar-refractivity contribution in [3.8, 4) is 11.4 Å². The summed E-state index contributed by atoms with van der Waals surface area (Å²) >= 11 is 0. The Kier molecular flexibility index (Phi) is 4.60. The normalized spacial score (nSPS) is 10.5. The van der Waals surface area contributed by atoms with Gasteiger partial charge >= 0.3 is 0 Å². The molecule has 0 saturated heterocycles. The molecule has 0 aliphatic carbocycles. The fourth-order valence-electron chi connectivity index (χ4n) is 2.22. The molecule has 3 rings (SSSR count). The standard InChI is InChI=1S/C17H16FN5O2/c1-2-25-14-9-5-12(6-10-14)20-17(24)15-16(19)23(22-21-15)13-7-3-11(18)4-8-13/h3-10H,2,19H2,1H3,(H,20,24). The molecule has 1 heterocycles. The monoisotopic (exact) mass is 341 g/mol. The molecule has 0 atom stereocenters. The third kappa shape index (κ3) is 3.57. The molecular weight excluding hydrogens is 325 g/mol. The van der Waals surface area contributed by atoms with Gasteiger partial charge in [0.2, 0.25) is 0 Å². The molecule has 0 radical (unpaired) electrons. The summed E-state index contributed by atoms with van der Waals surface area (Å²) in [5, 5.41) is 10.4. The van der Waals surface area contributed by atoms with Gasteiger partial charge in [0.05, 0.1) is 12.3 Å². The Morgan fingerprint density at radius 1 is 1.20 bits per heavy atom. The number of benzene rings is 2. The number of nitrogen functional groups attached to an aromatic ring is 1. The van der Waals surface area contributed by atoms with Gasteiger partial charge in [0.25, 0.3) is 5.91 Å². The molecule has 128 valence electrons. The highest BCUT2D eigenvalue weighted by Gasteiger charge is 2.18. The lowest BCUT2D eigenvalue weighted by atomic mass is 10.3. The molecule has 3 N–H and O–H groups in total. The van der Waals surface area contributed by atoms with Crippen molar-refractivity contribution < 1.29 is 13.9 Å². The van der Waals surface area contributed by atoms with Crippen molar-refractivity contribution in [3.05, 3.63) is 60.0 Å². The Labute approximate surface area is 143 Å². The van der Waals surface area contributed by atoms with Crippen LogP contribution < -0.4 is 15.8 Å². The first-order chi connectivity index (χ1) is 12.1. The molecule has 3 aromatic rings. The summed E-state index contributed by atoms with van der Waals surface area (Å²) in [6.45, 7) is 2.46. The number of nitrogens with zero attached hydrogens (tertiary/aromatic N) is 3. The lowest BCUT2D eigenvalue weighted by Gasteiger charge is -2.06. The molecule has 0 aliphatic heterocycles. The molecule has 25 heavy (non-hydrogen) atoms. The van der Waals surface area contributed by atoms with Gasteiger partial charge in [0.1, 0.15) is 11.6 Å². The predicted molar refractivity (Wildman–Crippen MR) is 91.3 cm³/mol. The van der Waals surface area contributed by atoms with Gasteiger partial charge in [0, 0.05) is 5.69 Å². The van der Waals surface area contributed by atoms with Crippen molar-refractivity contribution in [2.45, 2.75) is 6.92 Å². The fourth-order valence-corrected chi connectivity index (χ4v) is 2.22. The summed E-state index contributed by atoms with van der Waals surface area (Å²) < 4.78 is 19.6. The van der Waals surface area contributed by atoms with E-state index in [1.807, 2.05) is 6.92 Å². The van der Waals surface area contributed by atoms with Gasteiger partial charge in [-0.15, -0.1) is 5.10 Å². The lowest BCUT2D eigenvalue weighted by Crippen LogP contribution is -2.15. The van der Waals surface area contributed by atoms with E-state index in [0.29, 0.717) is 23.7 Å². The summed E-state index contributed by atoms with van der Waals surface area (Å²) in [5.41, 5.74) is 7.02. The van der Waals surface area contributed by atoms with Crippen LogP contribution in [0.4, 0.5) is 15.9 Å². The van der Waals surface area contributed by atoms with Gasteiger partial charge in [0.15, 0.2) is 11.5 Å². The Morgan fingerprint density at radius 3 is 2.52 bits per heavy atom. The predicted octanol–water partition coefficient (Wildman–Crippen LogP) is 2.64. The Hall–Kier alpha value is -3.42. The number of anilines is 2. The second-order valence-corrected chi connectivity index (χ2v) is 5.12. The zero-order valence-electron chi connectivity index (χ0n) is 13.4. The highest BCUT2D eigenvalue weighted by atomic mass is 19.1. The topological polar surface area (TPSA) is 95.1 Å². The number of halogens is 1. The average Bonchev–Trinajstić information content (AvgIpc) is 2.99. The summed E-state index contributed by atoms with van der Waals surface area (Å²) in [6, 6.07) is 12.5. The highest BCUT2D eigenvalue weighted by Crippen LogP contribution is 2.19. The maximum absolute atomic E-state index is 13.0. The molecule has 0 spiro atoms. The summed E-state index contributed by atoms with van der Waals surface area (Å²) in [6.07, 6.45) is 0. The van der Waals surface area contributed by atoms with E-state index in [-0.39, 0.29) is 17.3 Å². The van der Waals surface area contributed by atoms with Crippen molar-refractivity contribution in [1.29, 1.82) is 0 Å². The summed E-state index contributed by atoms with van der Waals surface area (Å²) in [7, 11) is 0. The Morgan fingerprint density at radius 2 is 1.88 bits per heavy atom. The van der Waals surface area contributed by atoms with E-state index in [9.17, 15) is 9.18 Å². The number of nitrogens with two attached hydrogens (primary N) is 1. The molecule has 0 unspecified atom stereocenters. The number of rotatable bonds is 5. The van der Waals surface area contributed by atoms with Crippen LogP contribution >= 0.6 is 0 Å². The maximum atomic E-state index is 13.0. The first-order valence-corrected chi connectivity index (χ1v) is 7.60. The van der Waals surface area contributed by atoms with Gasteiger partial charge in [-0.2, -0.15) is 4.68 Å². The van der Waals surface area contributed by atoms with E-state index in [0.717, 1.165) is 0 Å². The quantitative estimate of drug-likeness (QED) is 0.744. The van der Waals surface area contributed by atoms with Crippen molar-refractivity contribution in [1.82, 2.24) is 15.0 Å². The minimum absolute atomic E-state index is 0.0155. The van der Waals surface area contributed by atoms with Crippen molar-refractivity contribution in [3.63, 3.8) is 0 Å². The minimum atomic E-state index is -0.491. The van der Waals surface area contributed by atoms with Crippen LogP contribution in [0.15, 0.2) is 48.5 Å². The van der Waals surface area contributed by atoms with Crippen LogP contribution in [0.5, 0.6) is 5.75 Å². The van der Waals surface area contributed by atoms with Gasteiger partial charge in [-0.05, 0) is 55.5 Å². The number of carbonyl (C=O) groups excluding carboxylic acids is 1.